The predicted octanol–water partition coefficient (Wildman–Crippen LogP) is 4.49. The molecule has 2 unspecified atom stereocenters. The van der Waals surface area contributed by atoms with Crippen LogP contribution in [0, 0.1) is 17.6 Å². The molecule has 2 aromatic rings. The molecule has 0 saturated carbocycles. The molecule has 0 saturated heterocycles. The van der Waals surface area contributed by atoms with Gasteiger partial charge >= 0.3 is 0 Å². The van der Waals surface area contributed by atoms with Crippen LogP contribution in [0.2, 0.25) is 0 Å². The molecule has 0 aliphatic heterocycles. The van der Waals surface area contributed by atoms with Crippen molar-refractivity contribution in [1.82, 2.24) is 5.32 Å². The smallest absolute Gasteiger partial charge is 0.129 e. The van der Waals surface area contributed by atoms with E-state index in [0.717, 1.165) is 12.1 Å². The average Bonchev–Trinajstić information content (AvgIpc) is 2.49. The fourth-order valence-corrected chi connectivity index (χ4v) is 2.70. The Balaban J connectivity index is 2.21. The topological polar surface area (TPSA) is 12.0 Å². The minimum Gasteiger partial charge on any atom is -0.310 e. The second-order valence-electron chi connectivity index (χ2n) is 5.33. The molecule has 0 heterocycles. The molecule has 1 nitrogen and oxygen atoms in total. The largest absolute Gasteiger partial charge is 0.310 e. The highest BCUT2D eigenvalue weighted by Gasteiger charge is 2.21. The maximum absolute atomic E-state index is 13.8. The van der Waals surface area contributed by atoms with Crippen molar-refractivity contribution in [2.24, 2.45) is 5.92 Å². The summed E-state index contributed by atoms with van der Waals surface area (Å²) in [5, 5.41) is 3.41. The standard InChI is InChI=1S/C18H21F2N/c1-3-21-18(14-8-5-4-6-9-14)13(2)12-15-16(19)10-7-11-17(15)20/h4-11,13,18,21H,3,12H2,1-2H3. The minimum absolute atomic E-state index is 0.0789. The normalized spacial score (nSPS) is 13.9. The van der Waals surface area contributed by atoms with Crippen molar-refractivity contribution in [3.63, 3.8) is 0 Å². The van der Waals surface area contributed by atoms with E-state index in [0.29, 0.717) is 6.42 Å². The molecular weight excluding hydrogens is 268 g/mol. The van der Waals surface area contributed by atoms with Gasteiger partial charge in [-0.3, -0.25) is 0 Å². The Bertz CT molecular complexity index is 548. The molecule has 21 heavy (non-hydrogen) atoms. The maximum atomic E-state index is 13.8. The van der Waals surface area contributed by atoms with E-state index in [1.165, 1.54) is 18.2 Å². The quantitative estimate of drug-likeness (QED) is 0.826. The summed E-state index contributed by atoms with van der Waals surface area (Å²) >= 11 is 0. The highest BCUT2D eigenvalue weighted by molar-refractivity contribution is 5.23. The molecule has 0 spiro atoms. The van der Waals surface area contributed by atoms with Gasteiger partial charge in [-0.25, -0.2) is 8.78 Å². The van der Waals surface area contributed by atoms with Gasteiger partial charge in [0.25, 0.3) is 0 Å². The Labute approximate surface area is 125 Å². The van der Waals surface area contributed by atoms with E-state index in [9.17, 15) is 8.78 Å². The second-order valence-corrected chi connectivity index (χ2v) is 5.33. The first-order valence-corrected chi connectivity index (χ1v) is 7.34. The van der Waals surface area contributed by atoms with Crippen LogP contribution in [0.25, 0.3) is 0 Å². The summed E-state index contributed by atoms with van der Waals surface area (Å²) < 4.78 is 27.6. The summed E-state index contributed by atoms with van der Waals surface area (Å²) in [5.41, 5.74) is 1.31. The van der Waals surface area contributed by atoms with Gasteiger partial charge in [-0.1, -0.05) is 50.2 Å². The molecule has 0 aromatic heterocycles. The molecule has 2 atom stereocenters. The van der Waals surface area contributed by atoms with Crippen LogP contribution in [0.1, 0.15) is 31.0 Å². The first-order chi connectivity index (χ1) is 10.1. The van der Waals surface area contributed by atoms with Crippen molar-refractivity contribution < 1.29 is 8.78 Å². The first kappa shape index (κ1) is 15.6. The maximum Gasteiger partial charge on any atom is 0.129 e. The lowest BCUT2D eigenvalue weighted by Gasteiger charge is -2.25. The third kappa shape index (κ3) is 3.88. The summed E-state index contributed by atoms with van der Waals surface area (Å²) in [5.74, 6) is -0.853. The Hall–Kier alpha value is -1.74. The lowest BCUT2D eigenvalue weighted by atomic mass is 9.89. The highest BCUT2D eigenvalue weighted by atomic mass is 19.1. The molecule has 112 valence electrons. The monoisotopic (exact) mass is 289 g/mol. The van der Waals surface area contributed by atoms with Crippen LogP contribution in [0.15, 0.2) is 48.5 Å². The van der Waals surface area contributed by atoms with Crippen molar-refractivity contribution in [2.75, 3.05) is 6.54 Å². The Morgan fingerprint density at radius 2 is 1.57 bits per heavy atom. The molecule has 2 aromatic carbocycles. The molecule has 1 N–H and O–H groups in total. The van der Waals surface area contributed by atoms with E-state index in [-0.39, 0.29) is 17.5 Å². The molecule has 0 fully saturated rings. The fraction of sp³-hybridized carbons (Fsp3) is 0.333. The zero-order chi connectivity index (χ0) is 15.2. The van der Waals surface area contributed by atoms with Gasteiger partial charge < -0.3 is 5.32 Å². The van der Waals surface area contributed by atoms with Crippen LogP contribution >= 0.6 is 0 Å². The minimum atomic E-state index is -0.467. The van der Waals surface area contributed by atoms with Gasteiger partial charge in [0, 0.05) is 11.6 Å². The van der Waals surface area contributed by atoms with E-state index < -0.39 is 11.6 Å². The summed E-state index contributed by atoms with van der Waals surface area (Å²) in [4.78, 5) is 0. The third-order valence-electron chi connectivity index (χ3n) is 3.74. The lowest BCUT2D eigenvalue weighted by Crippen LogP contribution is -2.28. The van der Waals surface area contributed by atoms with Gasteiger partial charge in [0.2, 0.25) is 0 Å². The van der Waals surface area contributed by atoms with E-state index in [2.05, 4.69) is 5.32 Å². The van der Waals surface area contributed by atoms with Crippen molar-refractivity contribution in [2.45, 2.75) is 26.3 Å². The third-order valence-corrected chi connectivity index (χ3v) is 3.74. The van der Waals surface area contributed by atoms with E-state index in [4.69, 9.17) is 0 Å². The van der Waals surface area contributed by atoms with Crippen LogP contribution < -0.4 is 5.32 Å². The first-order valence-electron chi connectivity index (χ1n) is 7.34. The Morgan fingerprint density at radius 3 is 2.14 bits per heavy atom. The molecule has 0 bridgehead atoms. The molecule has 0 radical (unpaired) electrons. The number of halogens is 2. The van der Waals surface area contributed by atoms with E-state index in [1.807, 2.05) is 44.2 Å². The molecule has 2 rings (SSSR count). The van der Waals surface area contributed by atoms with Gasteiger partial charge in [0.05, 0.1) is 0 Å². The summed E-state index contributed by atoms with van der Waals surface area (Å²) in [6.45, 7) is 4.86. The predicted molar refractivity (Wildman–Crippen MR) is 82.1 cm³/mol. The fourth-order valence-electron chi connectivity index (χ4n) is 2.70. The van der Waals surface area contributed by atoms with Crippen molar-refractivity contribution >= 4 is 0 Å². The molecular formula is C18H21F2N. The summed E-state index contributed by atoms with van der Waals surface area (Å²) in [6.07, 6.45) is 0.366. The van der Waals surface area contributed by atoms with Crippen LogP contribution in [0.5, 0.6) is 0 Å². The second kappa shape index (κ2) is 7.32. The number of benzene rings is 2. The van der Waals surface area contributed by atoms with Crippen molar-refractivity contribution in [3.8, 4) is 0 Å². The van der Waals surface area contributed by atoms with Gasteiger partial charge in [0.15, 0.2) is 0 Å². The molecule has 0 amide bonds. The van der Waals surface area contributed by atoms with Gasteiger partial charge in [-0.15, -0.1) is 0 Å². The van der Waals surface area contributed by atoms with Gasteiger partial charge in [-0.2, -0.15) is 0 Å². The van der Waals surface area contributed by atoms with Crippen molar-refractivity contribution in [3.05, 3.63) is 71.3 Å². The number of rotatable bonds is 6. The van der Waals surface area contributed by atoms with E-state index >= 15 is 0 Å². The number of hydrogen-bond donors (Lipinski definition) is 1. The Morgan fingerprint density at radius 1 is 0.952 bits per heavy atom. The van der Waals surface area contributed by atoms with Gasteiger partial charge in [0.1, 0.15) is 11.6 Å². The molecule has 3 heteroatoms. The average molecular weight is 289 g/mol. The number of hydrogen-bond acceptors (Lipinski definition) is 1. The SMILES string of the molecule is CCNC(c1ccccc1)C(C)Cc1c(F)cccc1F. The highest BCUT2D eigenvalue weighted by Crippen LogP contribution is 2.27. The van der Waals surface area contributed by atoms with Crippen LogP contribution in [-0.4, -0.2) is 6.54 Å². The lowest BCUT2D eigenvalue weighted by molar-refractivity contribution is 0.380. The van der Waals surface area contributed by atoms with Crippen LogP contribution in [0.4, 0.5) is 8.78 Å². The molecule has 0 aliphatic carbocycles. The molecule has 0 aliphatic rings. The number of nitrogens with one attached hydrogen (secondary N) is 1. The van der Waals surface area contributed by atoms with E-state index in [1.54, 1.807) is 0 Å². The zero-order valence-electron chi connectivity index (χ0n) is 12.4. The van der Waals surface area contributed by atoms with Crippen LogP contribution in [0.3, 0.4) is 0 Å². The summed E-state index contributed by atoms with van der Waals surface area (Å²) in [7, 11) is 0. The van der Waals surface area contributed by atoms with Gasteiger partial charge in [-0.05, 0) is 36.6 Å². The van der Waals surface area contributed by atoms with Crippen LogP contribution in [-0.2, 0) is 6.42 Å². The summed E-state index contributed by atoms with van der Waals surface area (Å²) in [6, 6.07) is 14.1. The zero-order valence-corrected chi connectivity index (χ0v) is 12.4. The van der Waals surface area contributed by atoms with Crippen molar-refractivity contribution in [1.29, 1.82) is 0 Å². The Kier molecular flexibility index (Phi) is 5.45.